The molecule has 1 atom stereocenters. The van der Waals surface area contributed by atoms with Gasteiger partial charge in [-0.2, -0.15) is 0 Å². The first-order valence-corrected chi connectivity index (χ1v) is 11.7. The first-order chi connectivity index (χ1) is 13.6. The average molecular weight is 459 g/mol. The zero-order valence-corrected chi connectivity index (χ0v) is 18.8. The standard InChI is InChI=1S/C20H24Cl2N2O4S/c1-4-19(24(29(3,26)27)16-8-6-15(21)7-9-16)20(25)23-11-12-28-17-10-5-14(2)18(22)13-17/h5-10,13,19H,4,11-12H2,1-3H3,(H,23,25). The Hall–Kier alpha value is -1.96. The molecule has 1 amide bonds. The van der Waals surface area contributed by atoms with Gasteiger partial charge in [0.1, 0.15) is 18.4 Å². The second kappa shape index (κ2) is 10.2. The highest BCUT2D eigenvalue weighted by atomic mass is 35.5. The first kappa shape index (κ1) is 23.3. The fraction of sp³-hybridized carbons (Fsp3) is 0.350. The molecule has 158 valence electrons. The molecule has 0 spiro atoms. The van der Waals surface area contributed by atoms with Crippen molar-refractivity contribution in [2.75, 3.05) is 23.7 Å². The van der Waals surface area contributed by atoms with Crippen LogP contribution in [-0.4, -0.2) is 39.8 Å². The number of aryl methyl sites for hydroxylation is 1. The number of carbonyl (C=O) groups is 1. The molecule has 0 heterocycles. The van der Waals surface area contributed by atoms with Gasteiger partial charge in [0.15, 0.2) is 0 Å². The van der Waals surface area contributed by atoms with Gasteiger partial charge in [-0.1, -0.05) is 36.2 Å². The Morgan fingerprint density at radius 1 is 1.17 bits per heavy atom. The highest BCUT2D eigenvalue weighted by Gasteiger charge is 2.31. The van der Waals surface area contributed by atoms with Crippen LogP contribution in [0.25, 0.3) is 0 Å². The van der Waals surface area contributed by atoms with Crippen LogP contribution in [0.5, 0.6) is 5.75 Å². The summed E-state index contributed by atoms with van der Waals surface area (Å²) in [4.78, 5) is 12.7. The van der Waals surface area contributed by atoms with Crippen molar-refractivity contribution in [1.29, 1.82) is 0 Å². The summed E-state index contributed by atoms with van der Waals surface area (Å²) in [6.45, 7) is 4.09. The normalized spacial score (nSPS) is 12.3. The molecule has 0 bridgehead atoms. The maximum atomic E-state index is 12.7. The molecule has 2 aromatic carbocycles. The molecule has 9 heteroatoms. The Morgan fingerprint density at radius 3 is 2.38 bits per heavy atom. The summed E-state index contributed by atoms with van der Waals surface area (Å²) < 4.78 is 31.4. The topological polar surface area (TPSA) is 75.7 Å². The van der Waals surface area contributed by atoms with Crippen LogP contribution in [0.1, 0.15) is 18.9 Å². The van der Waals surface area contributed by atoms with E-state index in [-0.39, 0.29) is 13.2 Å². The van der Waals surface area contributed by atoms with E-state index in [9.17, 15) is 13.2 Å². The third-order valence-electron chi connectivity index (χ3n) is 4.22. The Balaban J connectivity index is 2.03. The van der Waals surface area contributed by atoms with E-state index in [4.69, 9.17) is 27.9 Å². The number of carbonyl (C=O) groups excluding carboxylic acids is 1. The monoisotopic (exact) mass is 458 g/mol. The van der Waals surface area contributed by atoms with E-state index in [0.717, 1.165) is 16.1 Å². The van der Waals surface area contributed by atoms with E-state index < -0.39 is 22.0 Å². The number of hydrogen-bond acceptors (Lipinski definition) is 4. The maximum absolute atomic E-state index is 12.7. The van der Waals surface area contributed by atoms with E-state index in [1.807, 2.05) is 13.0 Å². The van der Waals surface area contributed by atoms with Gasteiger partial charge in [0, 0.05) is 10.0 Å². The zero-order valence-electron chi connectivity index (χ0n) is 16.5. The first-order valence-electron chi connectivity index (χ1n) is 9.05. The molecule has 0 fully saturated rings. The highest BCUT2D eigenvalue weighted by Crippen LogP contribution is 2.24. The molecule has 2 aromatic rings. The molecule has 1 unspecified atom stereocenters. The number of ether oxygens (including phenoxy) is 1. The van der Waals surface area contributed by atoms with Crippen molar-refractivity contribution in [3.63, 3.8) is 0 Å². The van der Waals surface area contributed by atoms with Gasteiger partial charge in [-0.05, 0) is 55.3 Å². The number of hydrogen-bond donors (Lipinski definition) is 1. The lowest BCUT2D eigenvalue weighted by Gasteiger charge is -2.30. The minimum atomic E-state index is -3.69. The summed E-state index contributed by atoms with van der Waals surface area (Å²) in [5.74, 6) is 0.194. The Kier molecular flexibility index (Phi) is 8.19. The van der Waals surface area contributed by atoms with Crippen molar-refractivity contribution in [3.05, 3.63) is 58.1 Å². The second-order valence-corrected chi connectivity index (χ2v) is 9.21. The number of anilines is 1. The van der Waals surface area contributed by atoms with Crippen LogP contribution >= 0.6 is 23.2 Å². The van der Waals surface area contributed by atoms with Gasteiger partial charge in [0.2, 0.25) is 15.9 Å². The molecule has 29 heavy (non-hydrogen) atoms. The number of halogens is 2. The summed E-state index contributed by atoms with van der Waals surface area (Å²) in [5, 5.41) is 3.82. The third-order valence-corrected chi connectivity index (χ3v) is 6.06. The van der Waals surface area contributed by atoms with Crippen LogP contribution < -0.4 is 14.4 Å². The Morgan fingerprint density at radius 2 is 1.83 bits per heavy atom. The number of amides is 1. The van der Waals surface area contributed by atoms with Crippen LogP contribution in [-0.2, 0) is 14.8 Å². The summed E-state index contributed by atoms with van der Waals surface area (Å²) >= 11 is 12.0. The quantitative estimate of drug-likeness (QED) is 0.575. The van der Waals surface area contributed by atoms with Crippen LogP contribution in [0, 0.1) is 6.92 Å². The maximum Gasteiger partial charge on any atom is 0.244 e. The lowest BCUT2D eigenvalue weighted by molar-refractivity contribution is -0.122. The van der Waals surface area contributed by atoms with Crippen LogP contribution in [0.15, 0.2) is 42.5 Å². The predicted molar refractivity (Wildman–Crippen MR) is 118 cm³/mol. The van der Waals surface area contributed by atoms with E-state index in [1.54, 1.807) is 43.3 Å². The van der Waals surface area contributed by atoms with Crippen LogP contribution in [0.3, 0.4) is 0 Å². The van der Waals surface area contributed by atoms with E-state index in [1.165, 1.54) is 0 Å². The minimum Gasteiger partial charge on any atom is -0.492 e. The van der Waals surface area contributed by atoms with Gasteiger partial charge in [-0.25, -0.2) is 8.42 Å². The lowest BCUT2D eigenvalue weighted by atomic mass is 10.2. The molecule has 6 nitrogen and oxygen atoms in total. The fourth-order valence-corrected chi connectivity index (χ4v) is 4.28. The van der Waals surface area contributed by atoms with E-state index >= 15 is 0 Å². The average Bonchev–Trinajstić information content (AvgIpc) is 2.66. The van der Waals surface area contributed by atoms with Gasteiger partial charge in [-0.15, -0.1) is 0 Å². The summed E-state index contributed by atoms with van der Waals surface area (Å²) in [6, 6.07) is 10.8. The zero-order chi connectivity index (χ0) is 21.6. The number of sulfonamides is 1. The molecular formula is C20H24Cl2N2O4S. The summed E-state index contributed by atoms with van der Waals surface area (Å²) in [5.41, 5.74) is 1.32. The molecule has 0 saturated heterocycles. The predicted octanol–water partition coefficient (Wildman–Crippen LogP) is 4.04. The largest absolute Gasteiger partial charge is 0.492 e. The smallest absolute Gasteiger partial charge is 0.244 e. The molecular weight excluding hydrogens is 435 g/mol. The van der Waals surface area contributed by atoms with Crippen molar-refractivity contribution >= 4 is 44.8 Å². The van der Waals surface area contributed by atoms with Crippen molar-refractivity contribution in [1.82, 2.24) is 5.32 Å². The van der Waals surface area contributed by atoms with Crippen LogP contribution in [0.2, 0.25) is 10.0 Å². The Bertz CT molecular complexity index is 949. The molecule has 0 aromatic heterocycles. The molecule has 2 rings (SSSR count). The number of rotatable bonds is 9. The van der Waals surface area contributed by atoms with Gasteiger partial charge in [0.05, 0.1) is 18.5 Å². The second-order valence-electron chi connectivity index (χ2n) is 6.51. The van der Waals surface area contributed by atoms with Crippen molar-refractivity contribution in [2.45, 2.75) is 26.3 Å². The third kappa shape index (κ3) is 6.52. The summed E-state index contributed by atoms with van der Waals surface area (Å²) in [6.07, 6.45) is 1.37. The molecule has 0 aliphatic carbocycles. The van der Waals surface area contributed by atoms with Gasteiger partial charge in [0.25, 0.3) is 0 Å². The Labute approximate surface area is 181 Å². The number of benzene rings is 2. The molecule has 0 aliphatic heterocycles. The SMILES string of the molecule is CCC(C(=O)NCCOc1ccc(C)c(Cl)c1)N(c1ccc(Cl)cc1)S(C)(=O)=O. The number of nitrogens with zero attached hydrogens (tertiary/aromatic N) is 1. The van der Waals surface area contributed by atoms with Crippen LogP contribution in [0.4, 0.5) is 5.69 Å². The molecule has 0 saturated carbocycles. The van der Waals surface area contributed by atoms with E-state index in [2.05, 4.69) is 5.32 Å². The van der Waals surface area contributed by atoms with Crippen molar-refractivity contribution in [3.8, 4) is 5.75 Å². The molecule has 1 N–H and O–H groups in total. The fourth-order valence-electron chi connectivity index (χ4n) is 2.77. The van der Waals surface area contributed by atoms with Gasteiger partial charge < -0.3 is 10.1 Å². The van der Waals surface area contributed by atoms with E-state index in [0.29, 0.717) is 27.9 Å². The molecule has 0 aliphatic rings. The van der Waals surface area contributed by atoms with Gasteiger partial charge in [-0.3, -0.25) is 9.10 Å². The summed E-state index contributed by atoms with van der Waals surface area (Å²) in [7, 11) is -3.69. The minimum absolute atomic E-state index is 0.221. The van der Waals surface area contributed by atoms with Crippen molar-refractivity contribution in [2.24, 2.45) is 0 Å². The molecule has 0 radical (unpaired) electrons. The van der Waals surface area contributed by atoms with Gasteiger partial charge >= 0.3 is 0 Å². The number of nitrogens with one attached hydrogen (secondary N) is 1. The van der Waals surface area contributed by atoms with Crippen molar-refractivity contribution < 1.29 is 17.9 Å². The lowest BCUT2D eigenvalue weighted by Crippen LogP contribution is -2.50. The highest BCUT2D eigenvalue weighted by molar-refractivity contribution is 7.92.